The van der Waals surface area contributed by atoms with Crippen LogP contribution >= 0.6 is 0 Å². The summed E-state index contributed by atoms with van der Waals surface area (Å²) in [6, 6.07) is 2.20. The second kappa shape index (κ2) is 4.92. The summed E-state index contributed by atoms with van der Waals surface area (Å²) in [7, 11) is 2.00. The normalized spacial score (nSPS) is 12.6. The maximum absolute atomic E-state index is 8.52. The Bertz CT molecular complexity index is 167. The van der Waals surface area contributed by atoms with Crippen molar-refractivity contribution in [2.75, 3.05) is 20.1 Å². The van der Waals surface area contributed by atoms with E-state index in [1.54, 1.807) is 0 Å². The van der Waals surface area contributed by atoms with Crippen molar-refractivity contribution in [3.05, 3.63) is 12.2 Å². The molecule has 0 heterocycles. The lowest BCUT2D eigenvalue weighted by Crippen LogP contribution is -2.25. The van der Waals surface area contributed by atoms with Crippen molar-refractivity contribution >= 4 is 0 Å². The van der Waals surface area contributed by atoms with E-state index in [-0.39, 0.29) is 5.92 Å². The zero-order valence-electron chi connectivity index (χ0n) is 7.59. The van der Waals surface area contributed by atoms with Crippen LogP contribution in [0.25, 0.3) is 0 Å². The number of hydrogen-bond acceptors (Lipinski definition) is 2. The van der Waals surface area contributed by atoms with Gasteiger partial charge in [0.1, 0.15) is 0 Å². The van der Waals surface area contributed by atoms with Gasteiger partial charge in [-0.2, -0.15) is 5.26 Å². The fourth-order valence-corrected chi connectivity index (χ4v) is 1.03. The van der Waals surface area contributed by atoms with Crippen LogP contribution in [-0.4, -0.2) is 25.0 Å². The predicted molar refractivity (Wildman–Crippen MR) is 47.1 cm³/mol. The quantitative estimate of drug-likeness (QED) is 0.573. The van der Waals surface area contributed by atoms with Crippen LogP contribution < -0.4 is 0 Å². The fourth-order valence-electron chi connectivity index (χ4n) is 1.03. The molecule has 11 heavy (non-hydrogen) atoms. The van der Waals surface area contributed by atoms with Gasteiger partial charge in [0.15, 0.2) is 0 Å². The first-order valence-corrected chi connectivity index (χ1v) is 3.78. The molecule has 0 saturated carbocycles. The fraction of sp³-hybridized carbons (Fsp3) is 0.667. The molecule has 0 aliphatic carbocycles. The van der Waals surface area contributed by atoms with Crippen molar-refractivity contribution in [1.29, 1.82) is 5.26 Å². The van der Waals surface area contributed by atoms with Crippen molar-refractivity contribution in [2.45, 2.75) is 13.8 Å². The summed E-state index contributed by atoms with van der Waals surface area (Å²) in [5.41, 5.74) is 1.14. The SMILES string of the molecule is C=C(C)CN(C)CC(C)C#N. The van der Waals surface area contributed by atoms with Gasteiger partial charge in [-0.15, -0.1) is 0 Å². The molecule has 0 saturated heterocycles. The predicted octanol–water partition coefficient (Wildman–Crippen LogP) is 1.65. The Hall–Kier alpha value is -0.810. The Balaban J connectivity index is 3.62. The van der Waals surface area contributed by atoms with E-state index in [9.17, 15) is 0 Å². The van der Waals surface area contributed by atoms with E-state index < -0.39 is 0 Å². The van der Waals surface area contributed by atoms with Crippen LogP contribution in [-0.2, 0) is 0 Å². The van der Waals surface area contributed by atoms with Gasteiger partial charge in [0.05, 0.1) is 12.0 Å². The van der Waals surface area contributed by atoms with E-state index in [0.29, 0.717) is 0 Å². The minimum absolute atomic E-state index is 0.111. The van der Waals surface area contributed by atoms with Gasteiger partial charge in [0, 0.05) is 13.1 Å². The molecule has 0 amide bonds. The Morgan fingerprint density at radius 3 is 2.64 bits per heavy atom. The van der Waals surface area contributed by atoms with Crippen LogP contribution in [0.2, 0.25) is 0 Å². The standard InChI is InChI=1S/C9H16N2/c1-8(2)6-11(4)7-9(3)5-10/h9H,1,6-7H2,2-4H3. The molecule has 0 N–H and O–H groups in total. The molecule has 2 nitrogen and oxygen atoms in total. The molecule has 0 spiro atoms. The molecule has 0 aliphatic heterocycles. The largest absolute Gasteiger partial charge is 0.301 e. The summed E-state index contributed by atoms with van der Waals surface area (Å²) >= 11 is 0. The second-order valence-electron chi connectivity index (χ2n) is 3.18. The van der Waals surface area contributed by atoms with Crippen molar-refractivity contribution in [2.24, 2.45) is 5.92 Å². The third-order valence-electron chi connectivity index (χ3n) is 1.35. The van der Waals surface area contributed by atoms with E-state index >= 15 is 0 Å². The number of likely N-dealkylation sites (N-methyl/N-ethyl adjacent to an activating group) is 1. The molecule has 1 atom stereocenters. The molecule has 0 fully saturated rings. The van der Waals surface area contributed by atoms with Gasteiger partial charge in [-0.05, 0) is 20.9 Å². The average molecular weight is 152 g/mol. The molecule has 0 aliphatic rings. The van der Waals surface area contributed by atoms with Gasteiger partial charge in [0.25, 0.3) is 0 Å². The van der Waals surface area contributed by atoms with Gasteiger partial charge in [-0.1, -0.05) is 12.2 Å². The van der Waals surface area contributed by atoms with Crippen LogP contribution in [0, 0.1) is 17.2 Å². The van der Waals surface area contributed by atoms with Crippen molar-refractivity contribution in [3.63, 3.8) is 0 Å². The molecular weight excluding hydrogens is 136 g/mol. The molecule has 0 rings (SSSR count). The zero-order chi connectivity index (χ0) is 8.85. The summed E-state index contributed by atoms with van der Waals surface area (Å²) < 4.78 is 0. The summed E-state index contributed by atoms with van der Waals surface area (Å²) in [6.45, 7) is 9.43. The molecule has 62 valence electrons. The average Bonchev–Trinajstić information content (AvgIpc) is 1.85. The number of rotatable bonds is 4. The maximum atomic E-state index is 8.52. The molecule has 1 unspecified atom stereocenters. The van der Waals surface area contributed by atoms with Gasteiger partial charge >= 0.3 is 0 Å². The number of nitrogens with zero attached hydrogens (tertiary/aromatic N) is 2. The zero-order valence-corrected chi connectivity index (χ0v) is 7.59. The van der Waals surface area contributed by atoms with Gasteiger partial charge in [-0.25, -0.2) is 0 Å². The van der Waals surface area contributed by atoms with Crippen LogP contribution in [0.3, 0.4) is 0 Å². The molecule has 0 radical (unpaired) electrons. The highest BCUT2D eigenvalue weighted by Gasteiger charge is 2.03. The van der Waals surface area contributed by atoms with Crippen molar-refractivity contribution < 1.29 is 0 Å². The van der Waals surface area contributed by atoms with Crippen LogP contribution in [0.4, 0.5) is 0 Å². The summed E-state index contributed by atoms with van der Waals surface area (Å²) in [5.74, 6) is 0.111. The Labute approximate surface area is 69.1 Å². The van der Waals surface area contributed by atoms with E-state index in [4.69, 9.17) is 5.26 Å². The van der Waals surface area contributed by atoms with Crippen LogP contribution in [0.15, 0.2) is 12.2 Å². The molecule has 2 heteroatoms. The number of nitriles is 1. The van der Waals surface area contributed by atoms with E-state index in [1.807, 2.05) is 20.9 Å². The molecule has 0 aromatic rings. The van der Waals surface area contributed by atoms with Gasteiger partial charge in [0.2, 0.25) is 0 Å². The maximum Gasteiger partial charge on any atom is 0.0666 e. The minimum Gasteiger partial charge on any atom is -0.301 e. The molecule has 0 aromatic heterocycles. The first-order valence-electron chi connectivity index (χ1n) is 3.78. The monoisotopic (exact) mass is 152 g/mol. The molecular formula is C9H16N2. The second-order valence-corrected chi connectivity index (χ2v) is 3.18. The van der Waals surface area contributed by atoms with Crippen molar-refractivity contribution in [1.82, 2.24) is 4.90 Å². The Morgan fingerprint density at radius 1 is 1.73 bits per heavy atom. The lowest BCUT2D eigenvalue weighted by Gasteiger charge is -2.17. The third kappa shape index (κ3) is 5.63. The van der Waals surface area contributed by atoms with Gasteiger partial charge < -0.3 is 4.90 Å². The highest BCUT2D eigenvalue weighted by molar-refractivity contribution is 4.92. The first kappa shape index (κ1) is 10.2. The topological polar surface area (TPSA) is 27.0 Å². The summed E-state index contributed by atoms with van der Waals surface area (Å²) in [6.07, 6.45) is 0. The van der Waals surface area contributed by atoms with Crippen LogP contribution in [0.1, 0.15) is 13.8 Å². The highest BCUT2D eigenvalue weighted by atomic mass is 15.1. The molecule has 0 bridgehead atoms. The lowest BCUT2D eigenvalue weighted by atomic mass is 10.2. The number of hydrogen-bond donors (Lipinski definition) is 0. The van der Waals surface area contributed by atoms with E-state index in [2.05, 4.69) is 17.5 Å². The molecule has 0 aromatic carbocycles. The van der Waals surface area contributed by atoms with Crippen LogP contribution in [0.5, 0.6) is 0 Å². The minimum atomic E-state index is 0.111. The summed E-state index contributed by atoms with van der Waals surface area (Å²) in [5, 5.41) is 8.52. The van der Waals surface area contributed by atoms with E-state index in [1.165, 1.54) is 0 Å². The first-order chi connectivity index (χ1) is 5.06. The Kier molecular flexibility index (Phi) is 4.56. The van der Waals surface area contributed by atoms with Crippen molar-refractivity contribution in [3.8, 4) is 6.07 Å². The highest BCUT2D eigenvalue weighted by Crippen LogP contribution is 1.98. The van der Waals surface area contributed by atoms with Gasteiger partial charge in [-0.3, -0.25) is 0 Å². The lowest BCUT2D eigenvalue weighted by molar-refractivity contribution is 0.335. The summed E-state index contributed by atoms with van der Waals surface area (Å²) in [4.78, 5) is 2.11. The third-order valence-corrected chi connectivity index (χ3v) is 1.35. The Morgan fingerprint density at radius 2 is 2.27 bits per heavy atom. The van der Waals surface area contributed by atoms with E-state index in [0.717, 1.165) is 18.7 Å². The smallest absolute Gasteiger partial charge is 0.0666 e.